The van der Waals surface area contributed by atoms with E-state index in [1.54, 1.807) is 0 Å². The number of carbonyl (C=O) groups is 2. The Hall–Kier alpha value is -1.89. The molecule has 1 aliphatic heterocycles. The van der Waals surface area contributed by atoms with Crippen molar-refractivity contribution >= 4 is 12.3 Å². The van der Waals surface area contributed by atoms with Crippen LogP contribution in [0.1, 0.15) is 33.0 Å². The van der Waals surface area contributed by atoms with E-state index in [1.807, 2.05) is 13.8 Å². The van der Waals surface area contributed by atoms with Crippen LogP contribution in [0.5, 0.6) is 0 Å². The second-order valence-electron chi connectivity index (χ2n) is 4.84. The second-order valence-corrected chi connectivity index (χ2v) is 4.84. The molecular weight excluding hydrogens is 287 g/mol. The lowest BCUT2D eigenvalue weighted by molar-refractivity contribution is -0.192. The Morgan fingerprint density at radius 3 is 1.95 bits per heavy atom. The number of benzene rings is 1. The summed E-state index contributed by atoms with van der Waals surface area (Å²) in [5.41, 5.74) is 4.41. The van der Waals surface area contributed by atoms with E-state index in [0.29, 0.717) is 5.92 Å². The van der Waals surface area contributed by atoms with E-state index in [0.717, 1.165) is 36.1 Å². The molecule has 0 spiro atoms. The lowest BCUT2D eigenvalue weighted by atomic mass is 9.89. The lowest BCUT2D eigenvalue weighted by Gasteiger charge is -2.28. The van der Waals surface area contributed by atoms with E-state index < -0.39 is 12.1 Å². The molecule has 21 heavy (non-hydrogen) atoms. The summed E-state index contributed by atoms with van der Waals surface area (Å²) >= 11 is 0. The highest BCUT2D eigenvalue weighted by Crippen LogP contribution is 2.24. The average molecular weight is 303 g/mol. The van der Waals surface area contributed by atoms with Gasteiger partial charge < -0.3 is 10.4 Å². The first-order chi connectivity index (χ1) is 9.66. The van der Waals surface area contributed by atoms with Gasteiger partial charge in [0.1, 0.15) is 0 Å². The molecule has 2 N–H and O–H groups in total. The lowest BCUT2D eigenvalue weighted by Crippen LogP contribution is -2.39. The van der Waals surface area contributed by atoms with Gasteiger partial charge in [0.15, 0.2) is 6.29 Å². The molecule has 0 aliphatic carbocycles. The van der Waals surface area contributed by atoms with Crippen molar-refractivity contribution in [3.8, 4) is 0 Å². The van der Waals surface area contributed by atoms with Crippen molar-refractivity contribution in [3.63, 3.8) is 0 Å². The summed E-state index contributed by atoms with van der Waals surface area (Å²) < 4.78 is 31.7. The van der Waals surface area contributed by atoms with E-state index in [1.165, 1.54) is 5.56 Å². The summed E-state index contributed by atoms with van der Waals surface area (Å²) in [6, 6.07) is 4.28. The van der Waals surface area contributed by atoms with Gasteiger partial charge >= 0.3 is 12.1 Å². The molecule has 0 amide bonds. The molecule has 1 heterocycles. The summed E-state index contributed by atoms with van der Waals surface area (Å²) in [4.78, 5) is 19.7. The monoisotopic (exact) mass is 303 g/mol. The van der Waals surface area contributed by atoms with Gasteiger partial charge in [-0.1, -0.05) is 12.1 Å². The Labute approximate surface area is 120 Å². The molecule has 1 saturated heterocycles. The minimum absolute atomic E-state index is 0.646. The molecule has 0 aromatic heterocycles. The molecule has 2 rings (SSSR count). The van der Waals surface area contributed by atoms with Gasteiger partial charge in [0.25, 0.3) is 0 Å². The highest BCUT2D eigenvalue weighted by Gasteiger charge is 2.38. The number of carboxylic acid groups (broad SMARTS) is 1. The average Bonchev–Trinajstić information content (AvgIpc) is 2.25. The van der Waals surface area contributed by atoms with Crippen molar-refractivity contribution in [3.05, 3.63) is 34.4 Å². The van der Waals surface area contributed by atoms with Crippen LogP contribution in [0.25, 0.3) is 0 Å². The molecule has 1 aliphatic rings. The number of alkyl halides is 3. The standard InChI is InChI=1S/C12H15NO.C2HF3O2/c1-8-3-10(11-5-13-6-11)4-9(2)12(8)7-14;3-2(4,5)1(6)7/h3-4,7,11,13H,5-6H2,1-2H3;(H,6,7). The number of aryl methyl sites for hydroxylation is 2. The quantitative estimate of drug-likeness (QED) is 0.824. The largest absolute Gasteiger partial charge is 0.490 e. The van der Waals surface area contributed by atoms with Gasteiger partial charge in [-0.15, -0.1) is 0 Å². The number of nitrogens with one attached hydrogen (secondary N) is 1. The smallest absolute Gasteiger partial charge is 0.475 e. The number of halogens is 3. The summed E-state index contributed by atoms with van der Waals surface area (Å²) in [6.45, 7) is 6.15. The Kier molecular flexibility index (Phi) is 5.48. The Morgan fingerprint density at radius 1 is 1.29 bits per heavy atom. The molecule has 1 aromatic rings. The minimum Gasteiger partial charge on any atom is -0.475 e. The molecule has 0 saturated carbocycles. The molecule has 7 heteroatoms. The van der Waals surface area contributed by atoms with E-state index in [2.05, 4.69) is 17.4 Å². The van der Waals surface area contributed by atoms with Crippen molar-refractivity contribution in [1.29, 1.82) is 0 Å². The molecule has 116 valence electrons. The zero-order chi connectivity index (χ0) is 16.2. The maximum absolute atomic E-state index is 10.8. The van der Waals surface area contributed by atoms with Crippen molar-refractivity contribution < 1.29 is 27.9 Å². The normalized spacial score (nSPS) is 14.7. The fourth-order valence-corrected chi connectivity index (χ4v) is 1.95. The van der Waals surface area contributed by atoms with Gasteiger partial charge in [0.2, 0.25) is 0 Å². The topological polar surface area (TPSA) is 66.4 Å². The van der Waals surface area contributed by atoms with Gasteiger partial charge in [0.05, 0.1) is 0 Å². The van der Waals surface area contributed by atoms with E-state index >= 15 is 0 Å². The third kappa shape index (κ3) is 4.56. The second kappa shape index (κ2) is 6.71. The summed E-state index contributed by atoms with van der Waals surface area (Å²) in [5.74, 6) is -2.11. The van der Waals surface area contributed by atoms with Crippen LogP contribution < -0.4 is 5.32 Å². The van der Waals surface area contributed by atoms with Gasteiger partial charge in [-0.2, -0.15) is 13.2 Å². The van der Waals surface area contributed by atoms with Crippen molar-refractivity contribution in [2.45, 2.75) is 25.9 Å². The highest BCUT2D eigenvalue weighted by molar-refractivity contribution is 5.79. The van der Waals surface area contributed by atoms with Crippen LogP contribution >= 0.6 is 0 Å². The van der Waals surface area contributed by atoms with Crippen LogP contribution in [0.2, 0.25) is 0 Å². The zero-order valence-electron chi connectivity index (χ0n) is 11.6. The van der Waals surface area contributed by atoms with Crippen LogP contribution in [0.3, 0.4) is 0 Å². The predicted molar refractivity (Wildman–Crippen MR) is 70.6 cm³/mol. The third-order valence-corrected chi connectivity index (χ3v) is 3.23. The minimum atomic E-state index is -5.08. The van der Waals surface area contributed by atoms with Crippen molar-refractivity contribution in [2.75, 3.05) is 13.1 Å². The molecule has 1 aromatic carbocycles. The number of carbonyl (C=O) groups excluding carboxylic acids is 1. The molecular formula is C14H16F3NO3. The van der Waals surface area contributed by atoms with Gasteiger partial charge in [0, 0.05) is 24.6 Å². The first kappa shape index (κ1) is 17.2. The first-order valence-corrected chi connectivity index (χ1v) is 6.24. The zero-order valence-corrected chi connectivity index (χ0v) is 11.6. The Morgan fingerprint density at radius 2 is 1.71 bits per heavy atom. The van der Waals surface area contributed by atoms with Crippen LogP contribution in [-0.4, -0.2) is 36.6 Å². The Bertz CT molecular complexity index is 514. The molecule has 1 fully saturated rings. The van der Waals surface area contributed by atoms with E-state index in [4.69, 9.17) is 9.90 Å². The first-order valence-electron chi connectivity index (χ1n) is 6.24. The molecule has 0 bridgehead atoms. The van der Waals surface area contributed by atoms with Gasteiger partial charge in [-0.3, -0.25) is 4.79 Å². The maximum atomic E-state index is 10.8. The van der Waals surface area contributed by atoms with Gasteiger partial charge in [-0.05, 0) is 30.5 Å². The van der Waals surface area contributed by atoms with Crippen molar-refractivity contribution in [1.82, 2.24) is 5.32 Å². The van der Waals surface area contributed by atoms with Crippen LogP contribution in [0.15, 0.2) is 12.1 Å². The van der Waals surface area contributed by atoms with Crippen molar-refractivity contribution in [2.24, 2.45) is 0 Å². The fraction of sp³-hybridized carbons (Fsp3) is 0.429. The molecule has 4 nitrogen and oxygen atoms in total. The number of hydrogen-bond donors (Lipinski definition) is 2. The Balaban J connectivity index is 0.000000270. The molecule has 0 radical (unpaired) electrons. The van der Waals surface area contributed by atoms with Crippen LogP contribution in [0, 0.1) is 13.8 Å². The maximum Gasteiger partial charge on any atom is 0.490 e. The number of aliphatic carboxylic acids is 1. The van der Waals surface area contributed by atoms with Gasteiger partial charge in [-0.25, -0.2) is 4.79 Å². The summed E-state index contributed by atoms with van der Waals surface area (Å²) in [7, 11) is 0. The third-order valence-electron chi connectivity index (χ3n) is 3.23. The van der Waals surface area contributed by atoms with Crippen LogP contribution in [-0.2, 0) is 4.79 Å². The number of hydrogen-bond acceptors (Lipinski definition) is 3. The summed E-state index contributed by atoms with van der Waals surface area (Å²) in [6.07, 6.45) is -4.13. The summed E-state index contributed by atoms with van der Waals surface area (Å²) in [5, 5.41) is 10.4. The highest BCUT2D eigenvalue weighted by atomic mass is 19.4. The molecule has 0 atom stereocenters. The SMILES string of the molecule is Cc1cc(C2CNC2)cc(C)c1C=O.O=C(O)C(F)(F)F. The fourth-order valence-electron chi connectivity index (χ4n) is 1.95. The van der Waals surface area contributed by atoms with E-state index in [9.17, 15) is 18.0 Å². The number of carboxylic acids is 1. The molecule has 0 unspecified atom stereocenters. The van der Waals surface area contributed by atoms with E-state index in [-0.39, 0.29) is 0 Å². The predicted octanol–water partition coefficient (Wildman–Crippen LogP) is 2.44. The number of rotatable bonds is 2. The number of aldehydes is 1. The van der Waals surface area contributed by atoms with Crippen LogP contribution in [0.4, 0.5) is 13.2 Å².